The molecule has 0 aromatic heterocycles. The lowest BCUT2D eigenvalue weighted by Gasteiger charge is -2.50. The van der Waals surface area contributed by atoms with E-state index >= 15 is 0 Å². The molecule has 3 unspecified atom stereocenters. The van der Waals surface area contributed by atoms with E-state index in [0.717, 1.165) is 30.7 Å². The van der Waals surface area contributed by atoms with E-state index in [1.807, 2.05) is 0 Å². The van der Waals surface area contributed by atoms with Gasteiger partial charge in [-0.25, -0.2) is 0 Å². The molecule has 20 heavy (non-hydrogen) atoms. The number of rotatable bonds is 5. The highest BCUT2D eigenvalue weighted by Crippen LogP contribution is 2.35. The lowest BCUT2D eigenvalue weighted by Crippen LogP contribution is -2.58. The highest BCUT2D eigenvalue weighted by atomic mass is 15.3. The van der Waals surface area contributed by atoms with Crippen LogP contribution >= 0.6 is 0 Å². The second-order valence-electron chi connectivity index (χ2n) is 7.09. The number of hydrogen-bond acceptors (Lipinski definition) is 3. The van der Waals surface area contributed by atoms with Crippen LogP contribution in [0.1, 0.15) is 58.8 Å². The fourth-order valence-electron chi connectivity index (χ4n) is 4.99. The number of likely N-dealkylation sites (N-methyl/N-ethyl adjacent to an activating group) is 1. The second-order valence-corrected chi connectivity index (χ2v) is 7.09. The number of piperidine rings is 2. The van der Waals surface area contributed by atoms with Gasteiger partial charge in [-0.3, -0.25) is 9.80 Å². The van der Waals surface area contributed by atoms with Gasteiger partial charge in [0.15, 0.2) is 0 Å². The Hall–Kier alpha value is -0.120. The van der Waals surface area contributed by atoms with Gasteiger partial charge in [-0.15, -0.1) is 0 Å². The third-order valence-electron chi connectivity index (χ3n) is 5.95. The lowest BCUT2D eigenvalue weighted by atomic mass is 9.81. The summed E-state index contributed by atoms with van der Waals surface area (Å²) in [4.78, 5) is 5.63. The van der Waals surface area contributed by atoms with Crippen molar-refractivity contribution in [2.75, 3.05) is 26.2 Å². The normalized spacial score (nSPS) is 39.3. The minimum atomic E-state index is 0.789. The predicted molar refractivity (Wildman–Crippen MR) is 85.1 cm³/mol. The van der Waals surface area contributed by atoms with Crippen LogP contribution in [0.5, 0.6) is 0 Å². The highest BCUT2D eigenvalue weighted by molar-refractivity contribution is 4.97. The van der Waals surface area contributed by atoms with Crippen molar-refractivity contribution < 1.29 is 0 Å². The van der Waals surface area contributed by atoms with Gasteiger partial charge in [0.25, 0.3) is 0 Å². The van der Waals surface area contributed by atoms with Gasteiger partial charge in [0.2, 0.25) is 0 Å². The molecule has 3 heterocycles. The van der Waals surface area contributed by atoms with Crippen LogP contribution in [0.3, 0.4) is 0 Å². The minimum Gasteiger partial charge on any atom is -0.314 e. The molecular formula is C17H33N3. The Morgan fingerprint density at radius 2 is 1.75 bits per heavy atom. The summed E-state index contributed by atoms with van der Waals surface area (Å²) in [7, 11) is 0. The summed E-state index contributed by atoms with van der Waals surface area (Å²) in [6, 6.07) is 3.37. The molecule has 3 heteroatoms. The first-order valence-electron chi connectivity index (χ1n) is 9.05. The van der Waals surface area contributed by atoms with Gasteiger partial charge in [-0.1, -0.05) is 20.3 Å². The Kier molecular flexibility index (Phi) is 5.00. The zero-order valence-electron chi connectivity index (χ0n) is 13.5. The molecule has 3 saturated heterocycles. The van der Waals surface area contributed by atoms with E-state index in [4.69, 9.17) is 0 Å². The molecule has 1 N–H and O–H groups in total. The van der Waals surface area contributed by atoms with Crippen LogP contribution in [0.15, 0.2) is 0 Å². The number of fused-ring (bicyclic) bond motifs is 2. The average molecular weight is 279 g/mol. The molecule has 116 valence electrons. The summed E-state index contributed by atoms with van der Waals surface area (Å²) >= 11 is 0. The Bertz CT molecular complexity index is 293. The van der Waals surface area contributed by atoms with Crippen molar-refractivity contribution in [1.29, 1.82) is 0 Å². The molecule has 0 saturated carbocycles. The van der Waals surface area contributed by atoms with Crippen molar-refractivity contribution in [1.82, 2.24) is 15.1 Å². The van der Waals surface area contributed by atoms with Gasteiger partial charge in [0.1, 0.15) is 0 Å². The van der Waals surface area contributed by atoms with Crippen LogP contribution in [0.2, 0.25) is 0 Å². The largest absolute Gasteiger partial charge is 0.314 e. The topological polar surface area (TPSA) is 18.5 Å². The van der Waals surface area contributed by atoms with E-state index in [2.05, 4.69) is 29.0 Å². The zero-order valence-corrected chi connectivity index (χ0v) is 13.5. The predicted octanol–water partition coefficient (Wildman–Crippen LogP) is 2.47. The van der Waals surface area contributed by atoms with E-state index in [1.54, 1.807) is 0 Å². The van der Waals surface area contributed by atoms with Crippen molar-refractivity contribution in [2.45, 2.75) is 83.0 Å². The molecule has 3 atom stereocenters. The Labute approximate surface area is 125 Å². The third kappa shape index (κ3) is 3.05. The summed E-state index contributed by atoms with van der Waals surface area (Å²) in [5.41, 5.74) is 0. The molecule has 3 aliphatic rings. The Morgan fingerprint density at radius 1 is 1.00 bits per heavy atom. The maximum Gasteiger partial charge on any atom is 0.0223 e. The fraction of sp³-hybridized carbons (Fsp3) is 1.00. The first kappa shape index (κ1) is 14.8. The van der Waals surface area contributed by atoms with E-state index in [9.17, 15) is 0 Å². The number of likely N-dealkylation sites (tertiary alicyclic amines) is 1. The van der Waals surface area contributed by atoms with E-state index < -0.39 is 0 Å². The number of nitrogens with zero attached hydrogens (tertiary/aromatic N) is 2. The van der Waals surface area contributed by atoms with E-state index in [1.165, 1.54) is 64.6 Å². The first-order chi connectivity index (χ1) is 9.81. The van der Waals surface area contributed by atoms with Gasteiger partial charge in [0, 0.05) is 30.7 Å². The number of nitrogens with one attached hydrogen (secondary N) is 1. The van der Waals surface area contributed by atoms with Crippen LogP contribution in [-0.4, -0.2) is 60.1 Å². The Morgan fingerprint density at radius 3 is 2.40 bits per heavy atom. The quantitative estimate of drug-likeness (QED) is 0.834. The maximum absolute atomic E-state index is 3.71. The smallest absolute Gasteiger partial charge is 0.0223 e. The van der Waals surface area contributed by atoms with Crippen molar-refractivity contribution in [2.24, 2.45) is 0 Å². The second kappa shape index (κ2) is 6.76. The molecule has 0 amide bonds. The van der Waals surface area contributed by atoms with Gasteiger partial charge in [-0.2, -0.15) is 0 Å². The average Bonchev–Trinajstić information content (AvgIpc) is 2.87. The summed E-state index contributed by atoms with van der Waals surface area (Å²) in [5.74, 6) is 0. The fourth-order valence-corrected chi connectivity index (χ4v) is 4.99. The molecule has 3 aliphatic heterocycles. The van der Waals surface area contributed by atoms with Crippen LogP contribution in [0, 0.1) is 0 Å². The van der Waals surface area contributed by atoms with Crippen LogP contribution < -0.4 is 5.32 Å². The first-order valence-corrected chi connectivity index (χ1v) is 9.05. The van der Waals surface area contributed by atoms with Gasteiger partial charge in [0.05, 0.1) is 0 Å². The van der Waals surface area contributed by atoms with Crippen molar-refractivity contribution in [3.8, 4) is 0 Å². The van der Waals surface area contributed by atoms with Crippen LogP contribution in [0.25, 0.3) is 0 Å². The molecule has 3 nitrogen and oxygen atoms in total. The standard InChI is InChI=1S/C17H33N3/c1-3-18-14-11-15-7-5-8-16(12-14)20(15)13-17-9-6-10-19(17)4-2/h14-18H,3-13H2,1-2H3. The van der Waals surface area contributed by atoms with Crippen molar-refractivity contribution in [3.05, 3.63) is 0 Å². The van der Waals surface area contributed by atoms with Crippen molar-refractivity contribution in [3.63, 3.8) is 0 Å². The molecule has 0 spiro atoms. The Balaban J connectivity index is 1.61. The van der Waals surface area contributed by atoms with Crippen molar-refractivity contribution >= 4 is 0 Å². The summed E-state index contributed by atoms with van der Waals surface area (Å²) in [5, 5.41) is 3.71. The monoisotopic (exact) mass is 279 g/mol. The lowest BCUT2D eigenvalue weighted by molar-refractivity contribution is 0.00760. The molecular weight excluding hydrogens is 246 g/mol. The molecule has 0 aromatic rings. The van der Waals surface area contributed by atoms with Gasteiger partial charge in [-0.05, 0) is 58.2 Å². The molecule has 0 aliphatic carbocycles. The van der Waals surface area contributed by atoms with Crippen LogP contribution in [0.4, 0.5) is 0 Å². The van der Waals surface area contributed by atoms with Crippen LogP contribution in [-0.2, 0) is 0 Å². The molecule has 2 bridgehead atoms. The van der Waals surface area contributed by atoms with Gasteiger partial charge >= 0.3 is 0 Å². The summed E-state index contributed by atoms with van der Waals surface area (Å²) < 4.78 is 0. The van der Waals surface area contributed by atoms with E-state index in [-0.39, 0.29) is 0 Å². The molecule has 0 radical (unpaired) electrons. The molecule has 3 rings (SSSR count). The van der Waals surface area contributed by atoms with E-state index in [0.29, 0.717) is 0 Å². The van der Waals surface area contributed by atoms with Gasteiger partial charge < -0.3 is 5.32 Å². The highest BCUT2D eigenvalue weighted by Gasteiger charge is 2.39. The maximum atomic E-state index is 3.71. The number of hydrogen-bond donors (Lipinski definition) is 1. The molecule has 0 aromatic carbocycles. The third-order valence-corrected chi connectivity index (χ3v) is 5.95. The zero-order chi connectivity index (χ0) is 13.9. The summed E-state index contributed by atoms with van der Waals surface area (Å²) in [6.07, 6.45) is 9.98. The minimum absolute atomic E-state index is 0.789. The molecule has 3 fully saturated rings. The summed E-state index contributed by atoms with van der Waals surface area (Å²) in [6.45, 7) is 9.65. The SMILES string of the molecule is CCNC1CC2CCCC(C1)N2CC1CCCN1CC.